The Kier molecular flexibility index (Phi) is 4.05. The van der Waals surface area contributed by atoms with Crippen LogP contribution >= 0.6 is 23.2 Å². The van der Waals surface area contributed by atoms with Gasteiger partial charge in [-0.15, -0.1) is 0 Å². The maximum Gasteiger partial charge on any atom is 0.0929 e. The average molecular weight is 270 g/mol. The van der Waals surface area contributed by atoms with E-state index in [-0.39, 0.29) is 0 Å². The van der Waals surface area contributed by atoms with Gasteiger partial charge in [0.15, 0.2) is 0 Å². The standard InChI is InChI=1S/C12H13Cl2N3/c1-16(9-17-8-12(14)6-15-17)7-10-2-4-11(13)5-3-10/h2-6,8H,7,9H2,1H3. The van der Waals surface area contributed by atoms with E-state index in [0.29, 0.717) is 11.7 Å². The van der Waals surface area contributed by atoms with E-state index in [2.05, 4.69) is 10.00 Å². The van der Waals surface area contributed by atoms with Crippen LogP contribution in [0.5, 0.6) is 0 Å². The van der Waals surface area contributed by atoms with Crippen molar-refractivity contribution < 1.29 is 0 Å². The van der Waals surface area contributed by atoms with E-state index >= 15 is 0 Å². The largest absolute Gasteiger partial charge is 0.283 e. The zero-order chi connectivity index (χ0) is 12.3. The zero-order valence-corrected chi connectivity index (χ0v) is 11.0. The Labute approximate surface area is 111 Å². The molecule has 0 saturated heterocycles. The van der Waals surface area contributed by atoms with Crippen LogP contribution in [0.2, 0.25) is 10.0 Å². The number of rotatable bonds is 4. The lowest BCUT2D eigenvalue weighted by Gasteiger charge is -2.16. The molecule has 0 atom stereocenters. The van der Waals surface area contributed by atoms with Crippen LogP contribution in [0.3, 0.4) is 0 Å². The number of hydrogen-bond acceptors (Lipinski definition) is 2. The molecule has 0 unspecified atom stereocenters. The molecular weight excluding hydrogens is 257 g/mol. The van der Waals surface area contributed by atoms with Crippen LogP contribution in [0.15, 0.2) is 36.7 Å². The molecule has 0 aliphatic rings. The highest BCUT2D eigenvalue weighted by atomic mass is 35.5. The third kappa shape index (κ3) is 3.73. The maximum atomic E-state index is 5.84. The fourth-order valence-electron chi connectivity index (χ4n) is 1.61. The molecule has 0 aliphatic heterocycles. The Hall–Kier alpha value is -1.03. The molecule has 1 aromatic heterocycles. The van der Waals surface area contributed by atoms with Gasteiger partial charge in [-0.25, -0.2) is 0 Å². The first-order chi connectivity index (χ1) is 8.13. The van der Waals surface area contributed by atoms with Crippen molar-refractivity contribution >= 4 is 23.2 Å². The first-order valence-corrected chi connectivity index (χ1v) is 6.00. The number of hydrogen-bond donors (Lipinski definition) is 0. The van der Waals surface area contributed by atoms with Crippen molar-refractivity contribution in [1.82, 2.24) is 14.7 Å². The van der Waals surface area contributed by atoms with Gasteiger partial charge in [0, 0.05) is 17.8 Å². The molecule has 2 aromatic rings. The van der Waals surface area contributed by atoms with E-state index in [9.17, 15) is 0 Å². The quantitative estimate of drug-likeness (QED) is 0.850. The van der Waals surface area contributed by atoms with Gasteiger partial charge in [0.1, 0.15) is 0 Å². The molecule has 0 fully saturated rings. The summed E-state index contributed by atoms with van der Waals surface area (Å²) < 4.78 is 1.80. The van der Waals surface area contributed by atoms with E-state index in [4.69, 9.17) is 23.2 Å². The summed E-state index contributed by atoms with van der Waals surface area (Å²) in [6.07, 6.45) is 3.44. The van der Waals surface area contributed by atoms with Gasteiger partial charge in [-0.05, 0) is 24.7 Å². The highest BCUT2D eigenvalue weighted by molar-refractivity contribution is 6.30. The summed E-state index contributed by atoms with van der Waals surface area (Å²) >= 11 is 11.6. The molecule has 0 radical (unpaired) electrons. The topological polar surface area (TPSA) is 21.1 Å². The second-order valence-corrected chi connectivity index (χ2v) is 4.85. The first-order valence-electron chi connectivity index (χ1n) is 5.24. The second kappa shape index (κ2) is 5.54. The Morgan fingerprint density at radius 2 is 1.88 bits per heavy atom. The van der Waals surface area contributed by atoms with Crippen LogP contribution in [0.1, 0.15) is 5.56 Å². The minimum absolute atomic E-state index is 0.657. The van der Waals surface area contributed by atoms with Crippen molar-refractivity contribution in [2.24, 2.45) is 0 Å². The van der Waals surface area contributed by atoms with Gasteiger partial charge in [-0.3, -0.25) is 9.58 Å². The molecule has 0 saturated carbocycles. The van der Waals surface area contributed by atoms with Crippen LogP contribution in [-0.2, 0) is 13.2 Å². The Balaban J connectivity index is 1.93. The van der Waals surface area contributed by atoms with Gasteiger partial charge in [0.05, 0.1) is 17.9 Å². The molecule has 0 N–H and O–H groups in total. The third-order valence-electron chi connectivity index (χ3n) is 2.35. The Bertz CT molecular complexity index is 479. The highest BCUT2D eigenvalue weighted by Gasteiger charge is 2.02. The van der Waals surface area contributed by atoms with Gasteiger partial charge < -0.3 is 0 Å². The third-order valence-corrected chi connectivity index (χ3v) is 2.80. The normalized spacial score (nSPS) is 11.1. The van der Waals surface area contributed by atoms with Crippen molar-refractivity contribution in [1.29, 1.82) is 0 Å². The van der Waals surface area contributed by atoms with Crippen molar-refractivity contribution in [2.75, 3.05) is 7.05 Å². The smallest absolute Gasteiger partial charge is 0.0929 e. The minimum Gasteiger partial charge on any atom is -0.283 e. The van der Waals surface area contributed by atoms with E-state index in [1.165, 1.54) is 5.56 Å². The number of nitrogens with zero attached hydrogens (tertiary/aromatic N) is 3. The van der Waals surface area contributed by atoms with Gasteiger partial charge >= 0.3 is 0 Å². The van der Waals surface area contributed by atoms with Gasteiger partial charge in [0.2, 0.25) is 0 Å². The van der Waals surface area contributed by atoms with E-state index in [1.807, 2.05) is 31.3 Å². The molecule has 2 rings (SSSR count). The zero-order valence-electron chi connectivity index (χ0n) is 9.48. The molecule has 0 amide bonds. The summed E-state index contributed by atoms with van der Waals surface area (Å²) in [5, 5.41) is 5.55. The molecular formula is C12H13Cl2N3. The van der Waals surface area contributed by atoms with Crippen molar-refractivity contribution in [3.63, 3.8) is 0 Å². The lowest BCUT2D eigenvalue weighted by molar-refractivity contribution is 0.246. The molecule has 1 heterocycles. The van der Waals surface area contributed by atoms with Crippen LogP contribution in [0, 0.1) is 0 Å². The number of halogens is 2. The van der Waals surface area contributed by atoms with Gasteiger partial charge in [-0.1, -0.05) is 35.3 Å². The summed E-state index contributed by atoms with van der Waals surface area (Å²) in [4.78, 5) is 2.15. The average Bonchev–Trinajstić information content (AvgIpc) is 2.67. The monoisotopic (exact) mass is 269 g/mol. The van der Waals surface area contributed by atoms with Gasteiger partial charge in [-0.2, -0.15) is 5.10 Å². The summed E-state index contributed by atoms with van der Waals surface area (Å²) in [6, 6.07) is 7.84. The predicted octanol–water partition coefficient (Wildman–Crippen LogP) is 3.28. The molecule has 90 valence electrons. The fraction of sp³-hybridized carbons (Fsp3) is 0.250. The summed E-state index contributed by atoms with van der Waals surface area (Å²) in [7, 11) is 2.03. The molecule has 1 aromatic carbocycles. The van der Waals surface area contributed by atoms with Crippen molar-refractivity contribution in [3.8, 4) is 0 Å². The molecule has 0 spiro atoms. The van der Waals surface area contributed by atoms with Crippen LogP contribution in [0.4, 0.5) is 0 Å². The molecule has 5 heteroatoms. The van der Waals surface area contributed by atoms with Crippen molar-refractivity contribution in [2.45, 2.75) is 13.2 Å². The molecule has 0 aliphatic carbocycles. The summed E-state index contributed by atoms with van der Waals surface area (Å²) in [5.74, 6) is 0. The fourth-order valence-corrected chi connectivity index (χ4v) is 1.90. The number of benzene rings is 1. The van der Waals surface area contributed by atoms with Crippen LogP contribution < -0.4 is 0 Å². The molecule has 3 nitrogen and oxygen atoms in total. The summed E-state index contributed by atoms with van der Waals surface area (Å²) in [6.45, 7) is 1.55. The van der Waals surface area contributed by atoms with E-state index in [0.717, 1.165) is 11.6 Å². The SMILES string of the molecule is CN(Cc1ccc(Cl)cc1)Cn1cc(Cl)cn1. The minimum atomic E-state index is 0.657. The first kappa shape index (κ1) is 12.4. The van der Waals surface area contributed by atoms with Crippen molar-refractivity contribution in [3.05, 3.63) is 52.3 Å². The highest BCUT2D eigenvalue weighted by Crippen LogP contribution is 2.11. The molecule has 17 heavy (non-hydrogen) atoms. The predicted molar refractivity (Wildman–Crippen MR) is 70.2 cm³/mol. The maximum absolute atomic E-state index is 5.84. The second-order valence-electron chi connectivity index (χ2n) is 3.98. The van der Waals surface area contributed by atoms with Crippen LogP contribution in [0.25, 0.3) is 0 Å². The number of aromatic nitrogens is 2. The Morgan fingerprint density at radius 3 is 2.47 bits per heavy atom. The Morgan fingerprint density at radius 1 is 1.18 bits per heavy atom. The lowest BCUT2D eigenvalue weighted by Crippen LogP contribution is -2.21. The molecule has 0 bridgehead atoms. The van der Waals surface area contributed by atoms with Crippen LogP contribution in [-0.4, -0.2) is 21.7 Å². The van der Waals surface area contributed by atoms with E-state index in [1.54, 1.807) is 17.1 Å². The summed E-state index contributed by atoms with van der Waals surface area (Å²) in [5.41, 5.74) is 1.22. The van der Waals surface area contributed by atoms with E-state index < -0.39 is 0 Å². The lowest BCUT2D eigenvalue weighted by atomic mass is 10.2. The van der Waals surface area contributed by atoms with Gasteiger partial charge in [0.25, 0.3) is 0 Å².